The molecule has 1 aliphatic heterocycles. The molecule has 2 amide bonds. The van der Waals surface area contributed by atoms with Gasteiger partial charge in [0, 0.05) is 39.3 Å². The third kappa shape index (κ3) is 7.04. The highest BCUT2D eigenvalue weighted by Gasteiger charge is 2.21. The van der Waals surface area contributed by atoms with Crippen LogP contribution in [0.2, 0.25) is 0 Å². The van der Waals surface area contributed by atoms with Gasteiger partial charge >= 0.3 is 6.03 Å². The van der Waals surface area contributed by atoms with Crippen LogP contribution in [0.15, 0.2) is 30.3 Å². The van der Waals surface area contributed by atoms with Gasteiger partial charge in [-0.3, -0.25) is 0 Å². The second-order valence-electron chi connectivity index (χ2n) is 7.22. The minimum atomic E-state index is -0.0783. The van der Waals surface area contributed by atoms with E-state index in [0.29, 0.717) is 12.5 Å². The van der Waals surface area contributed by atoms with Crippen LogP contribution in [0.1, 0.15) is 32.3 Å². The van der Waals surface area contributed by atoms with Gasteiger partial charge in [-0.15, -0.1) is 0 Å². The van der Waals surface area contributed by atoms with Crippen molar-refractivity contribution < 1.29 is 9.53 Å². The van der Waals surface area contributed by atoms with Gasteiger partial charge in [0.15, 0.2) is 0 Å². The third-order valence-electron chi connectivity index (χ3n) is 4.99. The Morgan fingerprint density at radius 3 is 2.52 bits per heavy atom. The van der Waals surface area contributed by atoms with E-state index in [1.165, 1.54) is 5.56 Å². The smallest absolute Gasteiger partial charge is 0.315 e. The molecule has 1 atom stereocenters. The molecular weight excluding hydrogens is 314 g/mol. The number of carbonyl (C=O) groups is 1. The lowest BCUT2D eigenvalue weighted by Crippen LogP contribution is -2.49. The molecular formula is C20H33N3O2. The van der Waals surface area contributed by atoms with Gasteiger partial charge in [0.05, 0.1) is 6.10 Å². The van der Waals surface area contributed by atoms with Crippen LogP contribution in [0, 0.1) is 5.92 Å². The molecule has 1 aromatic carbocycles. The van der Waals surface area contributed by atoms with E-state index in [-0.39, 0.29) is 18.2 Å². The largest absolute Gasteiger partial charge is 0.379 e. The Labute approximate surface area is 152 Å². The van der Waals surface area contributed by atoms with Gasteiger partial charge in [-0.1, -0.05) is 44.2 Å². The lowest BCUT2D eigenvalue weighted by Gasteiger charge is -2.32. The van der Waals surface area contributed by atoms with Crippen LogP contribution in [0.3, 0.4) is 0 Å². The number of nitrogens with zero attached hydrogens (tertiary/aromatic N) is 1. The normalized spacial score (nSPS) is 17.4. The van der Waals surface area contributed by atoms with Gasteiger partial charge in [0.1, 0.15) is 0 Å². The number of carbonyl (C=O) groups excluding carboxylic acids is 1. The van der Waals surface area contributed by atoms with E-state index in [1.807, 2.05) is 0 Å². The fourth-order valence-corrected chi connectivity index (χ4v) is 3.25. The molecule has 0 bridgehead atoms. The number of piperidine rings is 1. The van der Waals surface area contributed by atoms with Crippen LogP contribution in [-0.2, 0) is 11.2 Å². The minimum Gasteiger partial charge on any atom is -0.379 e. The van der Waals surface area contributed by atoms with Gasteiger partial charge in [-0.25, -0.2) is 4.79 Å². The highest BCUT2D eigenvalue weighted by atomic mass is 16.5. The van der Waals surface area contributed by atoms with Crippen molar-refractivity contribution in [3.8, 4) is 0 Å². The highest BCUT2D eigenvalue weighted by Crippen LogP contribution is 2.11. The third-order valence-corrected chi connectivity index (χ3v) is 4.99. The van der Waals surface area contributed by atoms with Crippen LogP contribution in [-0.4, -0.2) is 56.4 Å². The molecule has 1 heterocycles. The number of nitrogens with one attached hydrogen (secondary N) is 2. The Morgan fingerprint density at radius 1 is 1.24 bits per heavy atom. The quantitative estimate of drug-likeness (QED) is 0.760. The van der Waals surface area contributed by atoms with E-state index in [4.69, 9.17) is 4.74 Å². The molecule has 0 aromatic heterocycles. The molecule has 0 saturated carbocycles. The Hall–Kier alpha value is -1.59. The van der Waals surface area contributed by atoms with Crippen LogP contribution >= 0.6 is 0 Å². The maximum absolute atomic E-state index is 12.1. The Bertz CT molecular complexity index is 499. The monoisotopic (exact) mass is 347 g/mol. The van der Waals surface area contributed by atoms with Gasteiger partial charge in [-0.2, -0.15) is 0 Å². The Morgan fingerprint density at radius 2 is 1.92 bits per heavy atom. The van der Waals surface area contributed by atoms with Crippen molar-refractivity contribution >= 4 is 6.03 Å². The fourth-order valence-electron chi connectivity index (χ4n) is 3.25. The lowest BCUT2D eigenvalue weighted by atomic mass is 10.0. The number of benzene rings is 1. The molecule has 0 radical (unpaired) electrons. The first kappa shape index (κ1) is 19.7. The van der Waals surface area contributed by atoms with E-state index in [1.54, 1.807) is 7.11 Å². The summed E-state index contributed by atoms with van der Waals surface area (Å²) in [5, 5.41) is 6.03. The zero-order valence-electron chi connectivity index (χ0n) is 15.8. The molecule has 0 aliphatic carbocycles. The molecule has 5 nitrogen and oxygen atoms in total. The first-order chi connectivity index (χ1) is 12.1. The van der Waals surface area contributed by atoms with Crippen molar-refractivity contribution in [1.29, 1.82) is 0 Å². The van der Waals surface area contributed by atoms with Crippen molar-refractivity contribution in [2.45, 2.75) is 45.3 Å². The fraction of sp³-hybridized carbons (Fsp3) is 0.650. The number of likely N-dealkylation sites (tertiary alicyclic amines) is 1. The van der Waals surface area contributed by atoms with E-state index in [9.17, 15) is 4.79 Å². The van der Waals surface area contributed by atoms with Crippen molar-refractivity contribution in [2.24, 2.45) is 5.92 Å². The molecule has 5 heteroatoms. The molecule has 2 rings (SSSR count). The average Bonchev–Trinajstić information content (AvgIpc) is 2.62. The number of hydrogen-bond donors (Lipinski definition) is 2. The summed E-state index contributed by atoms with van der Waals surface area (Å²) in [4.78, 5) is 14.5. The zero-order chi connectivity index (χ0) is 18.1. The molecule has 1 unspecified atom stereocenters. The van der Waals surface area contributed by atoms with Gasteiger partial charge in [0.25, 0.3) is 0 Å². The van der Waals surface area contributed by atoms with Crippen LogP contribution in [0.5, 0.6) is 0 Å². The van der Waals surface area contributed by atoms with Crippen molar-refractivity contribution in [2.75, 3.05) is 33.3 Å². The Balaban J connectivity index is 1.62. The summed E-state index contributed by atoms with van der Waals surface area (Å²) in [5.74, 6) is 0.387. The predicted molar refractivity (Wildman–Crippen MR) is 102 cm³/mol. The van der Waals surface area contributed by atoms with Crippen LogP contribution in [0.25, 0.3) is 0 Å². The minimum absolute atomic E-state index is 0.0607. The summed E-state index contributed by atoms with van der Waals surface area (Å²) in [7, 11) is 1.69. The number of rotatable bonds is 8. The zero-order valence-corrected chi connectivity index (χ0v) is 15.8. The van der Waals surface area contributed by atoms with Crippen molar-refractivity contribution in [3.63, 3.8) is 0 Å². The predicted octanol–water partition coefficient (Wildman–Crippen LogP) is 2.66. The standard InChI is InChI=1S/C20H33N3O2/c1-16(2)19(25-3)15-21-20(24)22-18-10-13-23(14-11-18)12-9-17-7-5-4-6-8-17/h4-8,16,18-19H,9-15H2,1-3H3,(H2,21,22,24). The number of amides is 2. The van der Waals surface area contributed by atoms with E-state index in [2.05, 4.69) is 59.7 Å². The lowest BCUT2D eigenvalue weighted by molar-refractivity contribution is 0.0664. The van der Waals surface area contributed by atoms with E-state index < -0.39 is 0 Å². The number of methoxy groups -OCH3 is 1. The molecule has 1 fully saturated rings. The van der Waals surface area contributed by atoms with Gasteiger partial charge in [0.2, 0.25) is 0 Å². The van der Waals surface area contributed by atoms with E-state index >= 15 is 0 Å². The number of ether oxygens (including phenoxy) is 1. The summed E-state index contributed by atoms with van der Waals surface area (Å²) in [6.45, 7) is 7.93. The van der Waals surface area contributed by atoms with Gasteiger partial charge in [-0.05, 0) is 30.7 Å². The number of urea groups is 1. The van der Waals surface area contributed by atoms with Crippen LogP contribution in [0.4, 0.5) is 4.79 Å². The molecule has 1 aliphatic rings. The molecule has 1 aromatic rings. The van der Waals surface area contributed by atoms with Crippen molar-refractivity contribution in [3.05, 3.63) is 35.9 Å². The first-order valence-electron chi connectivity index (χ1n) is 9.42. The molecule has 140 valence electrons. The first-order valence-corrected chi connectivity index (χ1v) is 9.42. The van der Waals surface area contributed by atoms with Gasteiger partial charge < -0.3 is 20.3 Å². The topological polar surface area (TPSA) is 53.6 Å². The summed E-state index contributed by atoms with van der Waals surface area (Å²) < 4.78 is 5.38. The summed E-state index contributed by atoms with van der Waals surface area (Å²) in [6, 6.07) is 10.8. The second-order valence-corrected chi connectivity index (χ2v) is 7.22. The maximum atomic E-state index is 12.1. The summed E-state index contributed by atoms with van der Waals surface area (Å²) in [5.41, 5.74) is 1.39. The summed E-state index contributed by atoms with van der Waals surface area (Å²) in [6.07, 6.45) is 3.18. The maximum Gasteiger partial charge on any atom is 0.315 e. The summed E-state index contributed by atoms with van der Waals surface area (Å²) >= 11 is 0. The second kappa shape index (κ2) is 10.4. The van der Waals surface area contributed by atoms with Crippen molar-refractivity contribution in [1.82, 2.24) is 15.5 Å². The average molecular weight is 348 g/mol. The molecule has 25 heavy (non-hydrogen) atoms. The van der Waals surface area contributed by atoms with E-state index in [0.717, 1.165) is 38.9 Å². The molecule has 1 saturated heterocycles. The SMILES string of the molecule is COC(CNC(=O)NC1CCN(CCc2ccccc2)CC1)C(C)C. The van der Waals surface area contributed by atoms with Crippen LogP contribution < -0.4 is 10.6 Å². The number of hydrogen-bond acceptors (Lipinski definition) is 3. The molecule has 0 spiro atoms. The Kier molecular flexibility index (Phi) is 8.22. The highest BCUT2D eigenvalue weighted by molar-refractivity contribution is 5.74. The molecule has 2 N–H and O–H groups in total.